The van der Waals surface area contributed by atoms with Gasteiger partial charge in [-0.15, -0.1) is 10.2 Å². The summed E-state index contributed by atoms with van der Waals surface area (Å²) in [5.41, 5.74) is 5.92. The van der Waals surface area contributed by atoms with E-state index in [1.54, 1.807) is 45.3 Å². The third-order valence-electron chi connectivity index (χ3n) is 16.0. The number of piperidine rings is 2. The summed E-state index contributed by atoms with van der Waals surface area (Å²) in [5, 5.41) is 44.1. The van der Waals surface area contributed by atoms with Gasteiger partial charge in [-0.2, -0.15) is 0 Å². The van der Waals surface area contributed by atoms with Crippen LogP contribution in [0.5, 0.6) is 17.2 Å². The molecular weight excluding hydrogens is 959 g/mol. The molecule has 4 N–H and O–H groups in total. The summed E-state index contributed by atoms with van der Waals surface area (Å²) in [7, 11) is 1.77. The van der Waals surface area contributed by atoms with E-state index in [1.165, 1.54) is 6.07 Å². The summed E-state index contributed by atoms with van der Waals surface area (Å²) in [6.45, 7) is 13.5. The lowest BCUT2D eigenvalue weighted by molar-refractivity contribution is -0.157. The van der Waals surface area contributed by atoms with Crippen molar-refractivity contribution in [1.29, 1.82) is 0 Å². The molecule has 4 aliphatic rings. The highest BCUT2D eigenvalue weighted by Gasteiger charge is 2.42. The number of carbonyl (C=O) groups is 4. The molecule has 6 aromatic rings. The summed E-state index contributed by atoms with van der Waals surface area (Å²) in [6.07, 6.45) is 1.95. The fourth-order valence-corrected chi connectivity index (χ4v) is 11.5. The number of phenols is 2. The van der Waals surface area contributed by atoms with Crippen LogP contribution < -0.4 is 15.6 Å². The van der Waals surface area contributed by atoms with Gasteiger partial charge in [0.2, 0.25) is 11.7 Å². The third-order valence-corrected chi connectivity index (χ3v) is 16.0. The van der Waals surface area contributed by atoms with Gasteiger partial charge in [-0.25, -0.2) is 14.6 Å². The topological polar surface area (TPSA) is 235 Å². The van der Waals surface area contributed by atoms with E-state index in [4.69, 9.17) is 14.5 Å². The minimum Gasteiger partial charge on any atom is -0.508 e. The summed E-state index contributed by atoms with van der Waals surface area (Å²) in [6, 6.07) is 17.7. The Balaban J connectivity index is 0.753. The maximum Gasteiger partial charge on any atom is 0.415 e. The average Bonchev–Trinajstić information content (AvgIpc) is 4.02. The van der Waals surface area contributed by atoms with E-state index in [0.717, 1.165) is 48.0 Å². The van der Waals surface area contributed by atoms with Gasteiger partial charge >= 0.3 is 12.1 Å². The first-order valence-electron chi connectivity index (χ1n) is 26.0. The number of nitrogens with one attached hydrogen (secondary N) is 1. The van der Waals surface area contributed by atoms with E-state index >= 15 is 0 Å². The number of amides is 3. The average molecular weight is 1020 g/mol. The molecule has 7 heterocycles. The minimum atomic E-state index is -1.54. The Labute approximate surface area is 433 Å². The SMILES string of the molecule is CCNC(=O)c1nnc(-c2cc(C(C)C)c(O)cc2O)n1-c1ccc(CN2CCC(C(=O)N3CCC(CC)(N(C)C(=O)Oc4ccc5nc6c(c(CC)c5c4)Cn4c-6cc5c(c4=O)COC(=O)C5O)CC3)CC2)cc1. The highest BCUT2D eigenvalue weighted by Crippen LogP contribution is 2.41. The summed E-state index contributed by atoms with van der Waals surface area (Å²) >= 11 is 0. The van der Waals surface area contributed by atoms with Crippen LogP contribution in [0.2, 0.25) is 0 Å². The van der Waals surface area contributed by atoms with Crippen molar-refractivity contribution in [1.82, 2.24) is 44.3 Å². The zero-order chi connectivity index (χ0) is 53.0. The first kappa shape index (κ1) is 50.9. The first-order chi connectivity index (χ1) is 36.0. The van der Waals surface area contributed by atoms with Crippen LogP contribution in [0, 0.1) is 5.92 Å². The molecule has 75 heavy (non-hydrogen) atoms. The molecule has 3 amide bonds. The van der Waals surface area contributed by atoms with Gasteiger partial charge in [0.25, 0.3) is 11.5 Å². The Morgan fingerprint density at radius 3 is 2.33 bits per heavy atom. The molecule has 3 aromatic heterocycles. The number of benzene rings is 3. The largest absolute Gasteiger partial charge is 0.508 e. The number of esters is 1. The number of nitrogens with zero attached hydrogens (tertiary/aromatic N) is 8. The summed E-state index contributed by atoms with van der Waals surface area (Å²) in [4.78, 5) is 77.8. The number of phenolic OH excluding ortho intramolecular Hbond substituents is 2. The zero-order valence-electron chi connectivity index (χ0n) is 43.2. The van der Waals surface area contributed by atoms with E-state index in [9.17, 15) is 39.3 Å². The molecule has 2 saturated heterocycles. The quantitative estimate of drug-likeness (QED) is 0.0931. The normalized spacial score (nSPS) is 17.4. The molecule has 4 aliphatic heterocycles. The Morgan fingerprint density at radius 1 is 0.920 bits per heavy atom. The number of carbonyl (C=O) groups excluding carboxylic acids is 4. The number of aliphatic hydroxyl groups is 1. The van der Waals surface area contributed by atoms with Gasteiger partial charge in [0, 0.05) is 73.0 Å². The number of hydrogen-bond acceptors (Lipinski definition) is 14. The number of likely N-dealkylation sites (tertiary alicyclic amines) is 2. The van der Waals surface area contributed by atoms with E-state index in [-0.39, 0.29) is 70.7 Å². The number of hydrogen-bond donors (Lipinski definition) is 4. The number of fused-ring (bicyclic) bond motifs is 5. The van der Waals surface area contributed by atoms with Crippen LogP contribution in [0.25, 0.3) is 39.4 Å². The van der Waals surface area contributed by atoms with Gasteiger partial charge in [-0.1, -0.05) is 39.8 Å². The number of aromatic hydroxyl groups is 2. The first-order valence-corrected chi connectivity index (χ1v) is 26.0. The molecule has 19 heteroatoms. The molecule has 1 unspecified atom stereocenters. The predicted octanol–water partition coefficient (Wildman–Crippen LogP) is 6.72. The minimum absolute atomic E-state index is 0.0280. The van der Waals surface area contributed by atoms with Gasteiger partial charge in [-0.3, -0.25) is 23.9 Å². The molecule has 0 radical (unpaired) electrons. The molecule has 10 rings (SSSR count). The van der Waals surface area contributed by atoms with E-state index in [1.807, 2.05) is 62.9 Å². The van der Waals surface area contributed by atoms with Crippen LogP contribution >= 0.6 is 0 Å². The van der Waals surface area contributed by atoms with Crippen molar-refractivity contribution in [2.45, 2.75) is 110 Å². The number of aryl methyl sites for hydroxylation is 1. The molecule has 0 bridgehead atoms. The predicted molar refractivity (Wildman–Crippen MR) is 278 cm³/mol. The van der Waals surface area contributed by atoms with Gasteiger partial charge in [0.05, 0.1) is 34.6 Å². The number of aliphatic hydroxyl groups excluding tert-OH is 1. The van der Waals surface area contributed by atoms with Gasteiger partial charge < -0.3 is 44.5 Å². The molecule has 1 atom stereocenters. The standard InChI is InChI=1S/C56H63N9O10/c1-7-36-38-24-35(14-15-43(38)58-47-41(36)29-64-44(47)26-39-42(53(64)71)30-74-54(72)48(39)68)75-55(73)61(6)56(8-2)18-22-63(23-19-56)52(70)33-16-20-62(21-17-33)28-32-10-12-34(13-11-32)65-49(59-60-50(65)51(69)57-9-3)40-25-37(31(4)5)45(66)27-46(40)67/h10-15,24-27,31,33,48,66-68H,7-9,16-23,28-30H2,1-6H3,(H,57,69). The van der Waals surface area contributed by atoms with E-state index in [0.29, 0.717) is 91.3 Å². The monoisotopic (exact) mass is 1020 g/mol. The molecule has 3 aromatic carbocycles. The fourth-order valence-electron chi connectivity index (χ4n) is 11.5. The molecule has 0 spiro atoms. The number of pyridine rings is 2. The van der Waals surface area contributed by atoms with E-state index < -0.39 is 29.6 Å². The lowest BCUT2D eigenvalue weighted by Gasteiger charge is -2.47. The van der Waals surface area contributed by atoms with Crippen molar-refractivity contribution in [3.63, 3.8) is 0 Å². The molecule has 19 nitrogen and oxygen atoms in total. The molecule has 392 valence electrons. The number of cyclic esters (lactones) is 1. The maximum atomic E-state index is 14.0. The zero-order valence-corrected chi connectivity index (χ0v) is 43.2. The number of ether oxygens (including phenoxy) is 2. The second-order valence-corrected chi connectivity index (χ2v) is 20.5. The smallest absolute Gasteiger partial charge is 0.415 e. The molecular formula is C56H63N9O10. The molecule has 0 saturated carbocycles. The Hall–Kier alpha value is -7.64. The molecule has 0 aliphatic carbocycles. The summed E-state index contributed by atoms with van der Waals surface area (Å²) in [5.74, 6) is -0.711. The number of aromatic nitrogens is 5. The van der Waals surface area contributed by atoms with Crippen LogP contribution in [-0.4, -0.2) is 124 Å². The van der Waals surface area contributed by atoms with Crippen molar-refractivity contribution in [3.05, 3.63) is 110 Å². The highest BCUT2D eigenvalue weighted by atomic mass is 16.6. The lowest BCUT2D eigenvalue weighted by atomic mass is 9.83. The Morgan fingerprint density at radius 2 is 1.65 bits per heavy atom. The van der Waals surface area contributed by atoms with Crippen LogP contribution in [0.4, 0.5) is 4.79 Å². The third kappa shape index (κ3) is 9.15. The van der Waals surface area contributed by atoms with Crippen LogP contribution in [0.15, 0.2) is 65.5 Å². The van der Waals surface area contributed by atoms with Gasteiger partial charge in [0.15, 0.2) is 11.9 Å². The van der Waals surface area contributed by atoms with Crippen LogP contribution in [0.3, 0.4) is 0 Å². The summed E-state index contributed by atoms with van der Waals surface area (Å²) < 4.78 is 14.3. The number of rotatable bonds is 12. The van der Waals surface area contributed by atoms with Crippen LogP contribution in [-0.2, 0) is 40.4 Å². The van der Waals surface area contributed by atoms with Crippen molar-refractivity contribution in [2.24, 2.45) is 5.92 Å². The second kappa shape index (κ2) is 20.2. The fraction of sp³-hybridized carbons (Fsp3) is 0.429. The van der Waals surface area contributed by atoms with Crippen molar-refractivity contribution < 1.29 is 44.0 Å². The lowest BCUT2D eigenvalue weighted by Crippen LogP contribution is -2.57. The molecule has 2 fully saturated rings. The Kier molecular flexibility index (Phi) is 13.7. The van der Waals surface area contributed by atoms with Crippen molar-refractivity contribution >= 4 is 34.8 Å². The van der Waals surface area contributed by atoms with Crippen LogP contribution in [0.1, 0.15) is 123 Å². The van der Waals surface area contributed by atoms with Crippen molar-refractivity contribution in [2.75, 3.05) is 39.8 Å². The second-order valence-electron chi connectivity index (χ2n) is 20.5. The van der Waals surface area contributed by atoms with Crippen molar-refractivity contribution in [3.8, 4) is 45.7 Å². The Bertz CT molecular complexity index is 3310. The van der Waals surface area contributed by atoms with Gasteiger partial charge in [-0.05, 0) is 124 Å². The van der Waals surface area contributed by atoms with E-state index in [2.05, 4.69) is 27.3 Å². The van der Waals surface area contributed by atoms with Gasteiger partial charge in [0.1, 0.15) is 23.9 Å². The highest BCUT2D eigenvalue weighted by molar-refractivity contribution is 5.93. The maximum absolute atomic E-state index is 14.0.